The molecule has 0 aliphatic carbocycles. The smallest absolute Gasteiger partial charge is 0.138 e. The van der Waals surface area contributed by atoms with Crippen LogP contribution in [-0.2, 0) is 20.2 Å². The van der Waals surface area contributed by atoms with Crippen LogP contribution < -0.4 is 10.1 Å². The lowest BCUT2D eigenvalue weighted by Crippen LogP contribution is -2.22. The van der Waals surface area contributed by atoms with Gasteiger partial charge in [-0.25, -0.2) is 0 Å². The molecule has 21 heavy (non-hydrogen) atoms. The second kappa shape index (κ2) is 7.09. The van der Waals surface area contributed by atoms with Crippen molar-refractivity contribution in [2.24, 2.45) is 7.05 Å². The molecule has 0 aliphatic heterocycles. The van der Waals surface area contributed by atoms with E-state index in [2.05, 4.69) is 46.3 Å². The summed E-state index contributed by atoms with van der Waals surface area (Å²) in [5, 5.41) is 7.77. The van der Waals surface area contributed by atoms with E-state index in [-0.39, 0.29) is 0 Å². The molecule has 0 aliphatic rings. The molecule has 2 aromatic rings. The molecule has 4 nitrogen and oxygen atoms in total. The van der Waals surface area contributed by atoms with E-state index in [1.165, 1.54) is 0 Å². The number of hydrogen-bond donors (Lipinski definition) is 1. The van der Waals surface area contributed by atoms with Crippen LogP contribution in [-0.4, -0.2) is 15.8 Å². The van der Waals surface area contributed by atoms with E-state index in [4.69, 9.17) is 4.74 Å². The molecule has 0 radical (unpaired) electrons. The summed E-state index contributed by atoms with van der Waals surface area (Å²) in [5.41, 5.74) is 3.22. The molecule has 114 valence electrons. The van der Waals surface area contributed by atoms with Crippen molar-refractivity contribution in [2.75, 3.05) is 0 Å². The van der Waals surface area contributed by atoms with Gasteiger partial charge < -0.3 is 10.1 Å². The zero-order valence-electron chi connectivity index (χ0n) is 13.0. The predicted molar refractivity (Wildman–Crippen MR) is 88.4 cm³/mol. The van der Waals surface area contributed by atoms with E-state index in [9.17, 15) is 0 Å². The van der Waals surface area contributed by atoms with Gasteiger partial charge >= 0.3 is 0 Å². The summed E-state index contributed by atoms with van der Waals surface area (Å²) in [6, 6.07) is 8.61. The summed E-state index contributed by atoms with van der Waals surface area (Å²) >= 11 is 3.58. The summed E-state index contributed by atoms with van der Waals surface area (Å²) in [6.07, 6.45) is 0. The third kappa shape index (κ3) is 4.32. The average Bonchev–Trinajstić information content (AvgIpc) is 2.73. The molecule has 0 spiro atoms. The standard InChI is InChI=1S/C16H22BrN3O/c1-11(2)18-9-13-6-5-7-15(17)16(13)21-10-14-8-12(3)19-20(14)4/h5-8,11,18H,9-10H2,1-4H3. The maximum Gasteiger partial charge on any atom is 0.138 e. The first-order chi connectivity index (χ1) is 9.97. The van der Waals surface area contributed by atoms with Gasteiger partial charge in [0.05, 0.1) is 15.9 Å². The molecule has 0 atom stereocenters. The molecule has 0 amide bonds. The van der Waals surface area contributed by atoms with E-state index in [1.54, 1.807) is 0 Å². The van der Waals surface area contributed by atoms with E-state index >= 15 is 0 Å². The summed E-state index contributed by atoms with van der Waals surface area (Å²) in [7, 11) is 1.94. The van der Waals surface area contributed by atoms with Crippen LogP contribution in [0.15, 0.2) is 28.7 Å². The summed E-state index contributed by atoms with van der Waals surface area (Å²) in [5.74, 6) is 0.893. The fraction of sp³-hybridized carbons (Fsp3) is 0.438. The molecule has 2 rings (SSSR count). The quantitative estimate of drug-likeness (QED) is 0.864. The first-order valence-electron chi connectivity index (χ1n) is 7.10. The van der Waals surface area contributed by atoms with Gasteiger partial charge in [0.2, 0.25) is 0 Å². The number of aryl methyl sites for hydroxylation is 2. The second-order valence-corrected chi connectivity index (χ2v) is 6.31. The minimum absolute atomic E-state index is 0.441. The van der Waals surface area contributed by atoms with Crippen molar-refractivity contribution in [1.82, 2.24) is 15.1 Å². The Labute approximate surface area is 134 Å². The van der Waals surface area contributed by atoms with Gasteiger partial charge in [0.25, 0.3) is 0 Å². The first kappa shape index (κ1) is 16.0. The van der Waals surface area contributed by atoms with Crippen molar-refractivity contribution >= 4 is 15.9 Å². The Balaban J connectivity index is 2.13. The lowest BCUT2D eigenvalue weighted by molar-refractivity contribution is 0.289. The number of nitrogens with zero attached hydrogens (tertiary/aromatic N) is 2. The van der Waals surface area contributed by atoms with Gasteiger partial charge in [-0.3, -0.25) is 4.68 Å². The molecule has 5 heteroatoms. The van der Waals surface area contributed by atoms with Crippen molar-refractivity contribution in [2.45, 2.75) is 40.0 Å². The monoisotopic (exact) mass is 351 g/mol. The van der Waals surface area contributed by atoms with Gasteiger partial charge in [-0.05, 0) is 35.0 Å². The number of benzene rings is 1. The van der Waals surface area contributed by atoms with Crippen LogP contribution in [0.3, 0.4) is 0 Å². The van der Waals surface area contributed by atoms with Crippen molar-refractivity contribution < 1.29 is 4.74 Å². The molecule has 0 saturated carbocycles. The molecule has 0 saturated heterocycles. The molecule has 0 bridgehead atoms. The summed E-state index contributed by atoms with van der Waals surface area (Å²) in [6.45, 7) is 7.55. The zero-order chi connectivity index (χ0) is 15.4. The van der Waals surface area contributed by atoms with E-state index in [0.717, 1.165) is 33.7 Å². The normalized spacial score (nSPS) is 11.1. The van der Waals surface area contributed by atoms with Crippen LogP contribution in [0.2, 0.25) is 0 Å². The highest BCUT2D eigenvalue weighted by molar-refractivity contribution is 9.10. The van der Waals surface area contributed by atoms with Crippen molar-refractivity contribution in [3.8, 4) is 5.75 Å². The largest absolute Gasteiger partial charge is 0.486 e. The van der Waals surface area contributed by atoms with Crippen LogP contribution in [0.1, 0.15) is 30.8 Å². The summed E-state index contributed by atoms with van der Waals surface area (Å²) < 4.78 is 8.87. The van der Waals surface area contributed by atoms with Gasteiger partial charge in [-0.2, -0.15) is 5.10 Å². The SMILES string of the molecule is Cc1cc(COc2c(Br)cccc2CNC(C)C)n(C)n1. The van der Waals surface area contributed by atoms with Crippen LogP contribution in [0.5, 0.6) is 5.75 Å². The summed E-state index contributed by atoms with van der Waals surface area (Å²) in [4.78, 5) is 0. The number of hydrogen-bond acceptors (Lipinski definition) is 3. The van der Waals surface area contributed by atoms with Gasteiger partial charge in [0.15, 0.2) is 0 Å². The van der Waals surface area contributed by atoms with E-state index in [1.807, 2.05) is 36.9 Å². The van der Waals surface area contributed by atoms with Gasteiger partial charge in [-0.15, -0.1) is 0 Å². The third-order valence-corrected chi connectivity index (χ3v) is 3.84. The van der Waals surface area contributed by atoms with Crippen molar-refractivity contribution in [1.29, 1.82) is 0 Å². The molecule has 0 unspecified atom stereocenters. The predicted octanol–water partition coefficient (Wildman–Crippen LogP) is 3.57. The molecule has 1 N–H and O–H groups in total. The molecule has 1 aromatic heterocycles. The van der Waals surface area contributed by atoms with Gasteiger partial charge in [-0.1, -0.05) is 26.0 Å². The highest BCUT2D eigenvalue weighted by atomic mass is 79.9. The highest BCUT2D eigenvalue weighted by Gasteiger charge is 2.10. The van der Waals surface area contributed by atoms with E-state index < -0.39 is 0 Å². The fourth-order valence-corrected chi connectivity index (χ4v) is 2.64. The third-order valence-electron chi connectivity index (χ3n) is 3.21. The van der Waals surface area contributed by atoms with Crippen LogP contribution in [0.25, 0.3) is 0 Å². The molecular weight excluding hydrogens is 330 g/mol. The minimum atomic E-state index is 0.441. The second-order valence-electron chi connectivity index (χ2n) is 5.45. The van der Waals surface area contributed by atoms with Crippen LogP contribution >= 0.6 is 15.9 Å². The molecule has 1 aromatic carbocycles. The van der Waals surface area contributed by atoms with Gasteiger partial charge in [0, 0.05) is 25.2 Å². The van der Waals surface area contributed by atoms with Crippen LogP contribution in [0.4, 0.5) is 0 Å². The first-order valence-corrected chi connectivity index (χ1v) is 7.89. The highest BCUT2D eigenvalue weighted by Crippen LogP contribution is 2.30. The van der Waals surface area contributed by atoms with Crippen LogP contribution in [0, 0.1) is 6.92 Å². The number of halogens is 1. The molecular formula is C16H22BrN3O. The average molecular weight is 352 g/mol. The topological polar surface area (TPSA) is 39.1 Å². The fourth-order valence-electron chi connectivity index (χ4n) is 2.11. The maximum atomic E-state index is 6.03. The van der Waals surface area contributed by atoms with E-state index in [0.29, 0.717) is 12.6 Å². The van der Waals surface area contributed by atoms with Gasteiger partial charge in [0.1, 0.15) is 12.4 Å². The number of para-hydroxylation sites is 1. The Morgan fingerprint density at radius 1 is 1.38 bits per heavy atom. The lowest BCUT2D eigenvalue weighted by Gasteiger charge is -2.15. The number of aromatic nitrogens is 2. The Morgan fingerprint density at radius 3 is 2.76 bits per heavy atom. The number of nitrogens with one attached hydrogen (secondary N) is 1. The Bertz CT molecular complexity index is 608. The van der Waals surface area contributed by atoms with Crippen molar-refractivity contribution in [3.63, 3.8) is 0 Å². The molecule has 1 heterocycles. The number of rotatable bonds is 6. The zero-order valence-corrected chi connectivity index (χ0v) is 14.6. The Kier molecular flexibility index (Phi) is 5.42. The number of ether oxygens (including phenoxy) is 1. The maximum absolute atomic E-state index is 6.03. The van der Waals surface area contributed by atoms with Crippen molar-refractivity contribution in [3.05, 3.63) is 45.7 Å². The Morgan fingerprint density at radius 2 is 2.14 bits per heavy atom. The molecule has 0 fully saturated rings. The minimum Gasteiger partial charge on any atom is -0.486 e. The lowest BCUT2D eigenvalue weighted by atomic mass is 10.2. The Hall–Kier alpha value is -1.33.